The summed E-state index contributed by atoms with van der Waals surface area (Å²) in [6.45, 7) is 12.9. The average molecular weight is 217 g/mol. The van der Waals surface area contributed by atoms with Crippen molar-refractivity contribution in [3.8, 4) is 0 Å². The van der Waals surface area contributed by atoms with Gasteiger partial charge in [0.1, 0.15) is 0 Å². The molecule has 84 valence electrons. The van der Waals surface area contributed by atoms with Crippen molar-refractivity contribution in [3.05, 3.63) is 0 Å². The van der Waals surface area contributed by atoms with Crippen LogP contribution in [-0.4, -0.2) is 41.5 Å². The first-order valence-corrected chi connectivity index (χ1v) is 7.73. The van der Waals surface area contributed by atoms with Gasteiger partial charge >= 0.3 is 0 Å². The zero-order chi connectivity index (χ0) is 11.0. The summed E-state index contributed by atoms with van der Waals surface area (Å²) in [5.41, 5.74) is 0.618. The predicted octanol–water partition coefficient (Wildman–Crippen LogP) is 2.87. The largest absolute Gasteiger partial charge is 0.323 e. The molecule has 1 heterocycles. The molecule has 0 bridgehead atoms. The molecule has 1 fully saturated rings. The lowest BCUT2D eigenvalue weighted by Gasteiger charge is -2.41. The quantitative estimate of drug-likeness (QED) is 0.629. The highest BCUT2D eigenvalue weighted by molar-refractivity contribution is 7.64. The smallest absolute Gasteiger partial charge is 0.0926 e. The summed E-state index contributed by atoms with van der Waals surface area (Å²) >= 11 is 0. The van der Waals surface area contributed by atoms with Crippen LogP contribution < -0.4 is 0 Å². The first kappa shape index (κ1) is 12.3. The lowest BCUT2D eigenvalue weighted by molar-refractivity contribution is 0.149. The van der Waals surface area contributed by atoms with E-state index in [-0.39, 0.29) is 5.54 Å². The van der Waals surface area contributed by atoms with Gasteiger partial charge in [0, 0.05) is 36.6 Å². The fourth-order valence-electron chi connectivity index (χ4n) is 1.99. The molecule has 2 nitrogen and oxygen atoms in total. The molecule has 0 spiro atoms. The molecular formula is C11H24NOP. The van der Waals surface area contributed by atoms with E-state index in [1.165, 1.54) is 0 Å². The first-order valence-electron chi connectivity index (χ1n) is 5.58. The Morgan fingerprint density at radius 3 is 1.86 bits per heavy atom. The third-order valence-corrected chi connectivity index (χ3v) is 7.18. The van der Waals surface area contributed by atoms with E-state index in [4.69, 9.17) is 0 Å². The van der Waals surface area contributed by atoms with Gasteiger partial charge in [-0.1, -0.05) is 13.8 Å². The standard InChI is InChI=1S/C11H24NOP/c1-10(2)14(13)8-6-12(7-9-14)11(3,4)5/h10H,6-9H2,1-5H3. The molecule has 1 aliphatic rings. The van der Waals surface area contributed by atoms with Gasteiger partial charge < -0.3 is 4.57 Å². The summed E-state index contributed by atoms with van der Waals surface area (Å²) in [5.74, 6) is 0. The summed E-state index contributed by atoms with van der Waals surface area (Å²) in [6.07, 6.45) is 1.84. The Morgan fingerprint density at radius 2 is 1.57 bits per heavy atom. The Balaban J connectivity index is 2.59. The molecule has 0 aromatic carbocycles. The van der Waals surface area contributed by atoms with Crippen LogP contribution in [0.15, 0.2) is 0 Å². The van der Waals surface area contributed by atoms with E-state index in [9.17, 15) is 4.57 Å². The summed E-state index contributed by atoms with van der Waals surface area (Å²) in [5, 5.41) is 0. The molecule has 0 atom stereocenters. The minimum Gasteiger partial charge on any atom is -0.323 e. The number of hydrogen-bond acceptors (Lipinski definition) is 2. The van der Waals surface area contributed by atoms with Crippen LogP contribution in [0.4, 0.5) is 0 Å². The second kappa shape index (κ2) is 3.98. The summed E-state index contributed by atoms with van der Waals surface area (Å²) in [4.78, 5) is 2.45. The van der Waals surface area contributed by atoms with Crippen LogP contribution in [0.25, 0.3) is 0 Å². The fraction of sp³-hybridized carbons (Fsp3) is 1.00. The Morgan fingerprint density at radius 1 is 1.14 bits per heavy atom. The highest BCUT2D eigenvalue weighted by Gasteiger charge is 2.34. The van der Waals surface area contributed by atoms with Crippen molar-refractivity contribution in [1.29, 1.82) is 0 Å². The molecule has 3 heteroatoms. The Labute approximate surface area is 88.4 Å². The van der Waals surface area contributed by atoms with Gasteiger partial charge in [-0.2, -0.15) is 0 Å². The molecule has 1 rings (SSSR count). The summed E-state index contributed by atoms with van der Waals surface area (Å²) in [7, 11) is -1.83. The molecule has 0 amide bonds. The molecule has 0 aromatic rings. The summed E-state index contributed by atoms with van der Waals surface area (Å²) < 4.78 is 12.4. The van der Waals surface area contributed by atoms with Crippen LogP contribution in [0.2, 0.25) is 0 Å². The topological polar surface area (TPSA) is 20.3 Å². The van der Waals surface area contributed by atoms with Gasteiger partial charge in [-0.05, 0) is 20.8 Å². The van der Waals surface area contributed by atoms with Crippen LogP contribution in [-0.2, 0) is 4.57 Å². The Bertz CT molecular complexity index is 230. The van der Waals surface area contributed by atoms with Crippen molar-refractivity contribution in [1.82, 2.24) is 4.90 Å². The molecule has 1 saturated heterocycles. The van der Waals surface area contributed by atoms with Crippen molar-refractivity contribution in [3.63, 3.8) is 0 Å². The van der Waals surface area contributed by atoms with Gasteiger partial charge in [-0.15, -0.1) is 0 Å². The first-order chi connectivity index (χ1) is 6.26. The number of nitrogens with zero attached hydrogens (tertiary/aromatic N) is 1. The molecule has 0 aliphatic carbocycles. The van der Waals surface area contributed by atoms with Crippen molar-refractivity contribution in [2.45, 2.75) is 45.8 Å². The van der Waals surface area contributed by atoms with E-state index >= 15 is 0 Å². The lowest BCUT2D eigenvalue weighted by atomic mass is 10.1. The van der Waals surface area contributed by atoms with E-state index in [2.05, 4.69) is 39.5 Å². The zero-order valence-corrected chi connectivity index (χ0v) is 11.1. The van der Waals surface area contributed by atoms with Gasteiger partial charge in [0.2, 0.25) is 0 Å². The fourth-order valence-corrected chi connectivity index (χ4v) is 4.41. The molecule has 1 aliphatic heterocycles. The second-order valence-electron chi connectivity index (χ2n) is 5.65. The molecule has 0 N–H and O–H groups in total. The maximum atomic E-state index is 12.4. The average Bonchev–Trinajstić information content (AvgIpc) is 2.03. The van der Waals surface area contributed by atoms with E-state index in [1.54, 1.807) is 0 Å². The molecule has 0 unspecified atom stereocenters. The number of hydrogen-bond donors (Lipinski definition) is 0. The maximum absolute atomic E-state index is 12.4. The van der Waals surface area contributed by atoms with E-state index in [1.807, 2.05) is 0 Å². The third kappa shape index (κ3) is 2.61. The van der Waals surface area contributed by atoms with E-state index in [0.29, 0.717) is 5.66 Å². The number of rotatable bonds is 1. The highest BCUT2D eigenvalue weighted by atomic mass is 31.2. The molecule has 0 saturated carbocycles. The van der Waals surface area contributed by atoms with Crippen LogP contribution >= 0.6 is 7.14 Å². The van der Waals surface area contributed by atoms with Crippen molar-refractivity contribution in [2.75, 3.05) is 25.4 Å². The van der Waals surface area contributed by atoms with E-state index in [0.717, 1.165) is 25.4 Å². The van der Waals surface area contributed by atoms with Crippen LogP contribution in [0.3, 0.4) is 0 Å². The minimum atomic E-state index is -1.83. The highest BCUT2D eigenvalue weighted by Crippen LogP contribution is 2.52. The van der Waals surface area contributed by atoms with E-state index < -0.39 is 7.14 Å². The SMILES string of the molecule is CC(C)P1(=O)CCN(C(C)(C)C)CC1. The van der Waals surface area contributed by atoms with Crippen LogP contribution in [0, 0.1) is 0 Å². The van der Waals surface area contributed by atoms with Gasteiger partial charge in [-0.25, -0.2) is 0 Å². The molecule has 14 heavy (non-hydrogen) atoms. The Hall–Kier alpha value is 0.190. The third-order valence-electron chi connectivity index (χ3n) is 3.39. The van der Waals surface area contributed by atoms with Crippen molar-refractivity contribution < 1.29 is 4.57 Å². The summed E-state index contributed by atoms with van der Waals surface area (Å²) in [6, 6.07) is 0. The van der Waals surface area contributed by atoms with Gasteiger partial charge in [0.25, 0.3) is 0 Å². The monoisotopic (exact) mass is 217 g/mol. The second-order valence-corrected chi connectivity index (χ2v) is 9.48. The molecule has 0 radical (unpaired) electrons. The normalized spacial score (nSPS) is 24.1. The van der Waals surface area contributed by atoms with Gasteiger partial charge in [-0.3, -0.25) is 4.90 Å². The Kier molecular flexibility index (Phi) is 3.49. The lowest BCUT2D eigenvalue weighted by Crippen LogP contribution is -2.47. The maximum Gasteiger partial charge on any atom is 0.0926 e. The zero-order valence-electron chi connectivity index (χ0n) is 10.2. The molecule has 0 aromatic heterocycles. The van der Waals surface area contributed by atoms with Crippen molar-refractivity contribution >= 4 is 7.14 Å². The van der Waals surface area contributed by atoms with Gasteiger partial charge in [0.15, 0.2) is 0 Å². The molecular weight excluding hydrogens is 193 g/mol. The van der Waals surface area contributed by atoms with Crippen LogP contribution in [0.1, 0.15) is 34.6 Å². The van der Waals surface area contributed by atoms with Gasteiger partial charge in [0.05, 0.1) is 7.14 Å². The minimum absolute atomic E-state index is 0.238. The predicted molar refractivity (Wildman–Crippen MR) is 63.8 cm³/mol. The van der Waals surface area contributed by atoms with Crippen LogP contribution in [0.5, 0.6) is 0 Å². The van der Waals surface area contributed by atoms with Crippen molar-refractivity contribution in [2.24, 2.45) is 0 Å².